The molecule has 0 bridgehead atoms. The molecule has 1 aromatic heterocycles. The molecule has 3 rings (SSSR count). The van der Waals surface area contributed by atoms with Crippen molar-refractivity contribution in [3.63, 3.8) is 0 Å². The highest BCUT2D eigenvalue weighted by Crippen LogP contribution is 2.30. The van der Waals surface area contributed by atoms with Crippen LogP contribution in [0, 0.1) is 6.92 Å². The van der Waals surface area contributed by atoms with Crippen LogP contribution < -0.4 is 4.74 Å². The molecule has 1 atom stereocenters. The fourth-order valence-electron chi connectivity index (χ4n) is 2.43. The van der Waals surface area contributed by atoms with Crippen LogP contribution in [0.15, 0.2) is 28.8 Å². The molecule has 1 saturated heterocycles. The fraction of sp³-hybridized carbons (Fsp3) is 0.429. The summed E-state index contributed by atoms with van der Waals surface area (Å²) in [6.45, 7) is 2.58. The molecule has 8 heteroatoms. The molecular formula is C14H17N3O4S. The van der Waals surface area contributed by atoms with E-state index in [4.69, 9.17) is 9.26 Å². The van der Waals surface area contributed by atoms with Crippen molar-refractivity contribution < 1.29 is 17.7 Å². The van der Waals surface area contributed by atoms with Crippen molar-refractivity contribution in [2.75, 3.05) is 19.3 Å². The van der Waals surface area contributed by atoms with Gasteiger partial charge in [0, 0.05) is 6.54 Å². The first-order chi connectivity index (χ1) is 10.4. The topological polar surface area (TPSA) is 85.5 Å². The van der Waals surface area contributed by atoms with Crippen LogP contribution in [0.2, 0.25) is 0 Å². The summed E-state index contributed by atoms with van der Waals surface area (Å²) in [5.41, 5.74) is 0.709. The van der Waals surface area contributed by atoms with Crippen molar-refractivity contribution in [3.05, 3.63) is 30.1 Å². The summed E-state index contributed by atoms with van der Waals surface area (Å²) in [7, 11) is -3.17. The molecule has 0 aliphatic carbocycles. The lowest BCUT2D eigenvalue weighted by atomic mass is 10.2. The third-order valence-electron chi connectivity index (χ3n) is 3.52. The zero-order valence-corrected chi connectivity index (χ0v) is 13.2. The number of aryl methyl sites for hydroxylation is 1. The van der Waals surface area contributed by atoms with E-state index >= 15 is 0 Å². The second kappa shape index (κ2) is 5.69. The van der Waals surface area contributed by atoms with Crippen LogP contribution in [-0.2, 0) is 10.0 Å². The summed E-state index contributed by atoms with van der Waals surface area (Å²) >= 11 is 0. The molecule has 1 unspecified atom stereocenters. The highest BCUT2D eigenvalue weighted by Gasteiger charge is 2.30. The minimum absolute atomic E-state index is 0.181. The first kappa shape index (κ1) is 15.0. The zero-order valence-electron chi connectivity index (χ0n) is 12.4. The van der Waals surface area contributed by atoms with Gasteiger partial charge in [-0.1, -0.05) is 17.3 Å². The van der Waals surface area contributed by atoms with Crippen LogP contribution in [-0.4, -0.2) is 48.3 Å². The van der Waals surface area contributed by atoms with E-state index in [0.717, 1.165) is 0 Å². The summed E-state index contributed by atoms with van der Waals surface area (Å²) in [5, 5.41) is 3.78. The van der Waals surface area contributed by atoms with E-state index in [0.29, 0.717) is 42.5 Å². The number of para-hydroxylation sites is 1. The Morgan fingerprint density at radius 3 is 2.77 bits per heavy atom. The number of hydrogen-bond donors (Lipinski definition) is 0. The number of sulfonamides is 1. The van der Waals surface area contributed by atoms with Crippen molar-refractivity contribution in [3.8, 4) is 17.2 Å². The van der Waals surface area contributed by atoms with Crippen LogP contribution in [0.3, 0.4) is 0 Å². The molecule has 2 heterocycles. The molecule has 2 aromatic rings. The van der Waals surface area contributed by atoms with Crippen molar-refractivity contribution in [2.24, 2.45) is 0 Å². The van der Waals surface area contributed by atoms with Gasteiger partial charge in [-0.25, -0.2) is 8.42 Å². The van der Waals surface area contributed by atoms with Crippen LogP contribution in [0.25, 0.3) is 11.5 Å². The van der Waals surface area contributed by atoms with Crippen LogP contribution in [0.1, 0.15) is 12.2 Å². The Labute approximate surface area is 128 Å². The number of ether oxygens (including phenoxy) is 1. The van der Waals surface area contributed by atoms with E-state index in [2.05, 4.69) is 10.1 Å². The molecule has 1 aliphatic rings. The molecule has 0 radical (unpaired) electrons. The van der Waals surface area contributed by atoms with E-state index in [1.165, 1.54) is 10.6 Å². The molecule has 1 aliphatic heterocycles. The molecule has 22 heavy (non-hydrogen) atoms. The number of nitrogens with zero attached hydrogens (tertiary/aromatic N) is 3. The Hall–Kier alpha value is -1.93. The Morgan fingerprint density at radius 1 is 1.36 bits per heavy atom. The van der Waals surface area contributed by atoms with E-state index in [-0.39, 0.29) is 6.10 Å². The second-order valence-corrected chi connectivity index (χ2v) is 7.27. The number of aromatic nitrogens is 2. The minimum atomic E-state index is -3.17. The molecule has 0 spiro atoms. The molecule has 0 amide bonds. The summed E-state index contributed by atoms with van der Waals surface area (Å²) in [6.07, 6.45) is 1.69. The summed E-state index contributed by atoms with van der Waals surface area (Å²) in [6, 6.07) is 7.37. The van der Waals surface area contributed by atoms with E-state index in [1.54, 1.807) is 6.92 Å². The largest absolute Gasteiger partial charge is 0.488 e. The van der Waals surface area contributed by atoms with Gasteiger partial charge in [0.2, 0.25) is 10.0 Å². The van der Waals surface area contributed by atoms with Gasteiger partial charge in [0.15, 0.2) is 5.82 Å². The Bertz CT molecular complexity index is 772. The number of hydrogen-bond acceptors (Lipinski definition) is 6. The standard InChI is InChI=1S/C14H17N3O4S/c1-10-15-14(21-16-10)12-5-3-4-6-13(12)20-11-7-8-17(9-11)22(2,18)19/h3-6,11H,7-9H2,1-2H3. The highest BCUT2D eigenvalue weighted by atomic mass is 32.2. The van der Waals surface area contributed by atoms with Crippen LogP contribution >= 0.6 is 0 Å². The van der Waals surface area contributed by atoms with Gasteiger partial charge in [0.25, 0.3) is 5.89 Å². The second-order valence-electron chi connectivity index (χ2n) is 5.29. The predicted molar refractivity (Wildman–Crippen MR) is 79.9 cm³/mol. The highest BCUT2D eigenvalue weighted by molar-refractivity contribution is 7.88. The van der Waals surface area contributed by atoms with Gasteiger partial charge in [0.05, 0.1) is 18.4 Å². The van der Waals surface area contributed by atoms with Crippen molar-refractivity contribution in [2.45, 2.75) is 19.4 Å². The average Bonchev–Trinajstić information content (AvgIpc) is 3.08. The first-order valence-corrected chi connectivity index (χ1v) is 8.80. The maximum absolute atomic E-state index is 11.6. The Balaban J connectivity index is 1.80. The average molecular weight is 323 g/mol. The molecular weight excluding hydrogens is 306 g/mol. The minimum Gasteiger partial charge on any atom is -0.488 e. The normalized spacial score (nSPS) is 19.5. The van der Waals surface area contributed by atoms with Gasteiger partial charge in [-0.15, -0.1) is 0 Å². The van der Waals surface area contributed by atoms with Crippen molar-refractivity contribution >= 4 is 10.0 Å². The lowest BCUT2D eigenvalue weighted by molar-refractivity contribution is 0.216. The monoisotopic (exact) mass is 323 g/mol. The van der Waals surface area contributed by atoms with Gasteiger partial charge >= 0.3 is 0 Å². The Kier molecular flexibility index (Phi) is 3.88. The first-order valence-electron chi connectivity index (χ1n) is 6.95. The smallest absolute Gasteiger partial charge is 0.261 e. The summed E-state index contributed by atoms with van der Waals surface area (Å²) in [4.78, 5) is 4.21. The van der Waals surface area contributed by atoms with Gasteiger partial charge < -0.3 is 9.26 Å². The maximum Gasteiger partial charge on any atom is 0.261 e. The lowest BCUT2D eigenvalue weighted by Crippen LogP contribution is -2.29. The van der Waals surface area contributed by atoms with E-state index < -0.39 is 10.0 Å². The van der Waals surface area contributed by atoms with Gasteiger partial charge in [-0.3, -0.25) is 0 Å². The molecule has 118 valence electrons. The Morgan fingerprint density at radius 2 is 2.14 bits per heavy atom. The van der Waals surface area contributed by atoms with Crippen molar-refractivity contribution in [1.82, 2.24) is 14.4 Å². The summed E-state index contributed by atoms with van der Waals surface area (Å²) < 4.78 is 35.7. The number of rotatable bonds is 4. The fourth-order valence-corrected chi connectivity index (χ4v) is 3.30. The van der Waals surface area contributed by atoms with Gasteiger partial charge in [-0.05, 0) is 25.5 Å². The molecule has 1 fully saturated rings. The third kappa shape index (κ3) is 3.12. The molecule has 0 N–H and O–H groups in total. The molecule has 7 nitrogen and oxygen atoms in total. The molecule has 1 aromatic carbocycles. The maximum atomic E-state index is 11.6. The number of benzene rings is 1. The molecule has 0 saturated carbocycles. The SMILES string of the molecule is Cc1noc(-c2ccccc2OC2CCN(S(C)(=O)=O)C2)n1. The summed E-state index contributed by atoms with van der Waals surface area (Å²) in [5.74, 6) is 1.56. The van der Waals surface area contributed by atoms with E-state index in [9.17, 15) is 8.42 Å². The quantitative estimate of drug-likeness (QED) is 0.847. The van der Waals surface area contributed by atoms with Crippen LogP contribution in [0.5, 0.6) is 5.75 Å². The van der Waals surface area contributed by atoms with Gasteiger partial charge in [0.1, 0.15) is 11.9 Å². The van der Waals surface area contributed by atoms with Gasteiger partial charge in [-0.2, -0.15) is 9.29 Å². The third-order valence-corrected chi connectivity index (χ3v) is 4.79. The lowest BCUT2D eigenvalue weighted by Gasteiger charge is -2.16. The van der Waals surface area contributed by atoms with E-state index in [1.807, 2.05) is 24.3 Å². The zero-order chi connectivity index (χ0) is 15.7. The van der Waals surface area contributed by atoms with Crippen molar-refractivity contribution in [1.29, 1.82) is 0 Å². The predicted octanol–water partition coefficient (Wildman–Crippen LogP) is 1.46. The van der Waals surface area contributed by atoms with Crippen LogP contribution in [0.4, 0.5) is 0 Å².